The number of ether oxygens (including phenoxy) is 1. The molecule has 0 saturated carbocycles. The number of hydrogen-bond acceptors (Lipinski definition) is 7. The van der Waals surface area contributed by atoms with Crippen LogP contribution in [-0.4, -0.2) is 15.9 Å². The Morgan fingerprint density at radius 1 is 1.25 bits per heavy atom. The van der Waals surface area contributed by atoms with Crippen molar-refractivity contribution in [2.75, 3.05) is 0 Å². The van der Waals surface area contributed by atoms with Crippen LogP contribution < -0.4 is 5.56 Å². The summed E-state index contributed by atoms with van der Waals surface area (Å²) < 4.78 is 5.43. The Balaban J connectivity index is 1.61. The predicted molar refractivity (Wildman–Crippen MR) is 109 cm³/mol. The number of nitrogens with zero attached hydrogens (tertiary/aromatic N) is 2. The van der Waals surface area contributed by atoms with Crippen LogP contribution in [0.2, 0.25) is 0 Å². The summed E-state index contributed by atoms with van der Waals surface area (Å²) in [4.78, 5) is 33.8. The van der Waals surface area contributed by atoms with Gasteiger partial charge in [-0.25, -0.2) is 9.78 Å². The van der Waals surface area contributed by atoms with Crippen LogP contribution in [0.5, 0.6) is 0 Å². The first-order valence-electron chi connectivity index (χ1n) is 8.33. The third-order valence-electron chi connectivity index (χ3n) is 4.17. The molecule has 4 aromatic rings. The molecule has 0 spiro atoms. The average molecular weight is 407 g/mol. The van der Waals surface area contributed by atoms with Crippen LogP contribution in [0.1, 0.15) is 34.8 Å². The van der Waals surface area contributed by atoms with Crippen molar-refractivity contribution in [1.29, 1.82) is 5.26 Å². The quantitative estimate of drug-likeness (QED) is 0.502. The molecule has 1 atom stereocenters. The average Bonchev–Trinajstić information content (AvgIpc) is 3.37. The first kappa shape index (κ1) is 18.1. The number of esters is 1. The van der Waals surface area contributed by atoms with Gasteiger partial charge in [0.05, 0.1) is 22.6 Å². The van der Waals surface area contributed by atoms with Crippen molar-refractivity contribution in [2.24, 2.45) is 0 Å². The first-order valence-corrected chi connectivity index (χ1v) is 10.1. The SMILES string of the molecule is C[C@H](OC(=O)c1ccc(C#N)cc1)c1nc2scc(-c3cccs3)c2c(=O)[nH]1. The highest BCUT2D eigenvalue weighted by Crippen LogP contribution is 2.33. The van der Waals surface area contributed by atoms with Crippen molar-refractivity contribution < 1.29 is 9.53 Å². The smallest absolute Gasteiger partial charge is 0.338 e. The summed E-state index contributed by atoms with van der Waals surface area (Å²) in [6.07, 6.45) is -0.729. The lowest BCUT2D eigenvalue weighted by atomic mass is 10.1. The fraction of sp³-hybridized carbons (Fsp3) is 0.100. The van der Waals surface area contributed by atoms with Gasteiger partial charge >= 0.3 is 5.97 Å². The molecule has 0 amide bonds. The highest BCUT2D eigenvalue weighted by Gasteiger charge is 2.19. The van der Waals surface area contributed by atoms with Crippen molar-refractivity contribution in [1.82, 2.24) is 9.97 Å². The molecule has 1 N–H and O–H groups in total. The standard InChI is InChI=1S/C20H13N3O3S2/c1-11(26-20(25)13-6-4-12(9-21)5-7-13)17-22-18(24)16-14(10-28-19(16)23-17)15-3-2-8-27-15/h2-8,10-11H,1H3,(H,22,23,24)/t11-/m0/s1. The van der Waals surface area contributed by atoms with Crippen LogP contribution in [0.25, 0.3) is 20.7 Å². The lowest BCUT2D eigenvalue weighted by molar-refractivity contribution is 0.0320. The van der Waals surface area contributed by atoms with Gasteiger partial charge in [0.2, 0.25) is 0 Å². The van der Waals surface area contributed by atoms with Gasteiger partial charge < -0.3 is 9.72 Å². The van der Waals surface area contributed by atoms with E-state index in [4.69, 9.17) is 10.00 Å². The fourth-order valence-electron chi connectivity index (χ4n) is 2.74. The minimum absolute atomic E-state index is 0.258. The molecule has 28 heavy (non-hydrogen) atoms. The molecule has 0 aliphatic rings. The van der Waals surface area contributed by atoms with Crippen LogP contribution in [0.3, 0.4) is 0 Å². The maximum atomic E-state index is 12.7. The highest BCUT2D eigenvalue weighted by molar-refractivity contribution is 7.18. The van der Waals surface area contributed by atoms with Gasteiger partial charge in [0.15, 0.2) is 11.9 Å². The third kappa shape index (κ3) is 3.33. The second-order valence-electron chi connectivity index (χ2n) is 5.99. The van der Waals surface area contributed by atoms with Gasteiger partial charge in [-0.3, -0.25) is 4.79 Å². The molecular formula is C20H13N3O3S2. The van der Waals surface area contributed by atoms with E-state index in [1.807, 2.05) is 29.0 Å². The van der Waals surface area contributed by atoms with Crippen molar-refractivity contribution in [3.05, 3.63) is 74.5 Å². The number of carbonyl (C=O) groups excluding carboxylic acids is 1. The molecule has 6 nitrogen and oxygen atoms in total. The van der Waals surface area contributed by atoms with E-state index in [0.29, 0.717) is 27.2 Å². The minimum atomic E-state index is -0.729. The monoisotopic (exact) mass is 407 g/mol. The number of nitrogens with one attached hydrogen (secondary N) is 1. The van der Waals surface area contributed by atoms with E-state index in [2.05, 4.69) is 9.97 Å². The van der Waals surface area contributed by atoms with Gasteiger partial charge in [-0.05, 0) is 42.6 Å². The molecule has 0 fully saturated rings. The molecular weight excluding hydrogens is 394 g/mol. The molecule has 0 aliphatic heterocycles. The number of H-pyrrole nitrogens is 1. The number of fused-ring (bicyclic) bond motifs is 1. The summed E-state index contributed by atoms with van der Waals surface area (Å²) in [5, 5.41) is 13.2. The zero-order valence-electron chi connectivity index (χ0n) is 14.6. The number of aromatic nitrogens is 2. The maximum absolute atomic E-state index is 12.7. The molecule has 0 saturated heterocycles. The van der Waals surface area contributed by atoms with Crippen LogP contribution >= 0.6 is 22.7 Å². The van der Waals surface area contributed by atoms with E-state index in [0.717, 1.165) is 10.4 Å². The summed E-state index contributed by atoms with van der Waals surface area (Å²) in [5.74, 6) is -0.260. The van der Waals surface area contributed by atoms with Crippen molar-refractivity contribution in [3.8, 4) is 16.5 Å². The molecule has 0 bridgehead atoms. The van der Waals surface area contributed by atoms with Crippen molar-refractivity contribution in [3.63, 3.8) is 0 Å². The number of rotatable bonds is 4. The highest BCUT2D eigenvalue weighted by atomic mass is 32.1. The Bertz CT molecular complexity index is 1250. The van der Waals surface area contributed by atoms with Gasteiger partial charge in [0, 0.05) is 15.8 Å². The van der Waals surface area contributed by atoms with Gasteiger partial charge in [-0.1, -0.05) is 6.07 Å². The Morgan fingerprint density at radius 2 is 2.04 bits per heavy atom. The maximum Gasteiger partial charge on any atom is 0.338 e. The summed E-state index contributed by atoms with van der Waals surface area (Å²) in [6, 6.07) is 12.0. The summed E-state index contributed by atoms with van der Waals surface area (Å²) in [7, 11) is 0. The lowest BCUT2D eigenvalue weighted by Gasteiger charge is -2.12. The number of thiophene rings is 2. The van der Waals surface area contributed by atoms with E-state index in [1.54, 1.807) is 30.4 Å². The van der Waals surface area contributed by atoms with E-state index in [9.17, 15) is 9.59 Å². The third-order valence-corrected chi connectivity index (χ3v) is 5.94. The number of hydrogen-bond donors (Lipinski definition) is 1. The molecule has 1 aromatic carbocycles. The van der Waals surface area contributed by atoms with Crippen molar-refractivity contribution >= 4 is 38.9 Å². The van der Waals surface area contributed by atoms with Crippen LogP contribution in [-0.2, 0) is 4.74 Å². The van der Waals surface area contributed by atoms with Gasteiger partial charge in [0.1, 0.15) is 4.83 Å². The number of benzene rings is 1. The van der Waals surface area contributed by atoms with Crippen LogP contribution in [0.15, 0.2) is 52.0 Å². The predicted octanol–water partition coefficient (Wildman–Crippen LogP) is 4.50. The molecule has 0 unspecified atom stereocenters. The van der Waals surface area contributed by atoms with Gasteiger partial charge in [-0.2, -0.15) is 5.26 Å². The molecule has 3 aromatic heterocycles. The van der Waals surface area contributed by atoms with E-state index in [-0.39, 0.29) is 5.56 Å². The largest absolute Gasteiger partial charge is 0.451 e. The normalized spacial score (nSPS) is 11.9. The van der Waals surface area contributed by atoms with Crippen molar-refractivity contribution in [2.45, 2.75) is 13.0 Å². The molecule has 0 aliphatic carbocycles. The van der Waals surface area contributed by atoms with Crippen LogP contribution in [0, 0.1) is 11.3 Å². The van der Waals surface area contributed by atoms with Gasteiger partial charge in [0.25, 0.3) is 5.56 Å². The molecule has 4 rings (SSSR count). The van der Waals surface area contributed by atoms with Crippen LogP contribution in [0.4, 0.5) is 0 Å². The topological polar surface area (TPSA) is 95.8 Å². The van der Waals surface area contributed by atoms with E-state index >= 15 is 0 Å². The molecule has 0 radical (unpaired) electrons. The van der Waals surface area contributed by atoms with E-state index < -0.39 is 12.1 Å². The summed E-state index contributed by atoms with van der Waals surface area (Å²) >= 11 is 2.94. The Morgan fingerprint density at radius 3 is 2.71 bits per heavy atom. The zero-order chi connectivity index (χ0) is 19.7. The number of nitriles is 1. The Kier molecular flexibility index (Phi) is 4.77. The summed E-state index contributed by atoms with van der Waals surface area (Å²) in [6.45, 7) is 1.65. The second kappa shape index (κ2) is 7.38. The minimum Gasteiger partial charge on any atom is -0.451 e. The number of aromatic amines is 1. The summed E-state index contributed by atoms with van der Waals surface area (Å²) in [5.41, 5.74) is 1.38. The zero-order valence-corrected chi connectivity index (χ0v) is 16.3. The second-order valence-corrected chi connectivity index (χ2v) is 7.80. The molecule has 3 heterocycles. The molecule has 8 heteroatoms. The van der Waals surface area contributed by atoms with E-state index in [1.165, 1.54) is 23.5 Å². The lowest BCUT2D eigenvalue weighted by Crippen LogP contribution is -2.17. The fourth-order valence-corrected chi connectivity index (χ4v) is 4.51. The molecule has 138 valence electrons. The Hall–Kier alpha value is -3.28. The van der Waals surface area contributed by atoms with Gasteiger partial charge in [-0.15, -0.1) is 22.7 Å². The Labute approximate surface area is 167 Å². The number of carbonyl (C=O) groups is 1. The first-order chi connectivity index (χ1) is 13.6.